The second-order valence-corrected chi connectivity index (χ2v) is 10.7. The van der Waals surface area contributed by atoms with E-state index >= 15 is 0 Å². The molecular formula is C25H44N4O7. The molecule has 1 saturated heterocycles. The van der Waals surface area contributed by atoms with E-state index in [1.165, 1.54) is 6.42 Å². The maximum absolute atomic E-state index is 13.2. The predicted octanol–water partition coefficient (Wildman–Crippen LogP) is 2.63. The zero-order chi connectivity index (χ0) is 26.6. The maximum Gasteiger partial charge on any atom is 0.407 e. The number of carboxylic acids is 1. The van der Waals surface area contributed by atoms with Gasteiger partial charge in [0.25, 0.3) is 0 Å². The highest BCUT2D eigenvalue weighted by Crippen LogP contribution is 2.27. The Labute approximate surface area is 214 Å². The first-order valence-corrected chi connectivity index (χ1v) is 13.2. The third-order valence-electron chi connectivity index (χ3n) is 6.41. The second-order valence-electron chi connectivity index (χ2n) is 10.7. The Morgan fingerprint density at radius 3 is 2.28 bits per heavy atom. The van der Waals surface area contributed by atoms with E-state index < -0.39 is 35.7 Å². The van der Waals surface area contributed by atoms with Gasteiger partial charge in [0.1, 0.15) is 17.7 Å². The summed E-state index contributed by atoms with van der Waals surface area (Å²) < 4.78 is 10.5. The van der Waals surface area contributed by atoms with E-state index in [9.17, 15) is 24.3 Å². The van der Waals surface area contributed by atoms with Crippen LogP contribution in [0.25, 0.3) is 0 Å². The van der Waals surface area contributed by atoms with Gasteiger partial charge in [0, 0.05) is 19.6 Å². The molecule has 0 radical (unpaired) electrons. The monoisotopic (exact) mass is 512 g/mol. The average molecular weight is 513 g/mol. The van der Waals surface area contributed by atoms with Crippen molar-refractivity contribution in [3.63, 3.8) is 0 Å². The van der Waals surface area contributed by atoms with Crippen molar-refractivity contribution in [2.24, 2.45) is 5.92 Å². The zero-order valence-corrected chi connectivity index (χ0v) is 22.0. The van der Waals surface area contributed by atoms with E-state index in [1.807, 2.05) is 0 Å². The summed E-state index contributed by atoms with van der Waals surface area (Å²) >= 11 is 0. The maximum atomic E-state index is 13.2. The van der Waals surface area contributed by atoms with Gasteiger partial charge in [-0.3, -0.25) is 4.79 Å². The van der Waals surface area contributed by atoms with Crippen LogP contribution < -0.4 is 16.0 Å². The molecule has 1 heterocycles. The molecule has 0 unspecified atom stereocenters. The Morgan fingerprint density at radius 2 is 1.67 bits per heavy atom. The third kappa shape index (κ3) is 11.5. The lowest BCUT2D eigenvalue weighted by molar-refractivity contribution is -0.142. The molecule has 0 aromatic carbocycles. The molecule has 1 aliphatic carbocycles. The van der Waals surface area contributed by atoms with Crippen LogP contribution >= 0.6 is 0 Å². The normalized spacial score (nSPS) is 18.6. The first kappa shape index (κ1) is 29.7. The van der Waals surface area contributed by atoms with Gasteiger partial charge in [-0.1, -0.05) is 32.1 Å². The molecule has 1 aliphatic heterocycles. The number of morpholine rings is 1. The first-order valence-electron chi connectivity index (χ1n) is 13.2. The first-order chi connectivity index (χ1) is 17.0. The van der Waals surface area contributed by atoms with E-state index in [0.717, 1.165) is 25.7 Å². The fourth-order valence-corrected chi connectivity index (χ4v) is 4.50. The van der Waals surface area contributed by atoms with Gasteiger partial charge < -0.3 is 35.4 Å². The highest BCUT2D eigenvalue weighted by atomic mass is 16.6. The van der Waals surface area contributed by atoms with Crippen LogP contribution in [0.2, 0.25) is 0 Å². The van der Waals surface area contributed by atoms with Gasteiger partial charge in [0.2, 0.25) is 5.91 Å². The smallest absolute Gasteiger partial charge is 0.407 e. The van der Waals surface area contributed by atoms with Crippen LogP contribution in [-0.4, -0.2) is 84.5 Å². The van der Waals surface area contributed by atoms with Gasteiger partial charge in [-0.25, -0.2) is 14.4 Å². The average Bonchev–Trinajstić information content (AvgIpc) is 2.82. The quantitative estimate of drug-likeness (QED) is 0.311. The molecule has 0 aromatic rings. The van der Waals surface area contributed by atoms with Crippen molar-refractivity contribution in [2.45, 2.75) is 96.2 Å². The van der Waals surface area contributed by atoms with Gasteiger partial charge in [0.15, 0.2) is 0 Å². The molecule has 4 N–H and O–H groups in total. The number of carboxylic acid groups (broad SMARTS) is 1. The SMILES string of the molecule is CC(C)(C)OC(=O)NCCCC[C@H](NC(=O)[C@H](CC1CCCCC1)NC(=O)N1CCOCC1)C(=O)O. The predicted molar refractivity (Wildman–Crippen MR) is 134 cm³/mol. The Morgan fingerprint density at radius 1 is 1.00 bits per heavy atom. The van der Waals surface area contributed by atoms with Crippen molar-refractivity contribution in [2.75, 3.05) is 32.8 Å². The summed E-state index contributed by atoms with van der Waals surface area (Å²) in [7, 11) is 0. The molecule has 0 bridgehead atoms. The summed E-state index contributed by atoms with van der Waals surface area (Å²) in [5, 5.41) is 17.8. The van der Waals surface area contributed by atoms with Gasteiger partial charge in [0.05, 0.1) is 13.2 Å². The van der Waals surface area contributed by atoms with E-state index in [0.29, 0.717) is 58.0 Å². The van der Waals surface area contributed by atoms with Crippen LogP contribution in [0.3, 0.4) is 0 Å². The number of hydrogen-bond donors (Lipinski definition) is 4. The van der Waals surface area contributed by atoms with Crippen molar-refractivity contribution >= 4 is 24.0 Å². The van der Waals surface area contributed by atoms with Crippen molar-refractivity contribution in [1.82, 2.24) is 20.9 Å². The summed E-state index contributed by atoms with van der Waals surface area (Å²) in [5.74, 6) is -1.28. The number of ether oxygens (including phenoxy) is 2. The third-order valence-corrected chi connectivity index (χ3v) is 6.41. The Balaban J connectivity index is 1.88. The van der Waals surface area contributed by atoms with Crippen molar-refractivity contribution in [3.8, 4) is 0 Å². The molecule has 0 aromatic heterocycles. The summed E-state index contributed by atoms with van der Waals surface area (Å²) in [4.78, 5) is 51.1. The topological polar surface area (TPSA) is 146 Å². The zero-order valence-electron chi connectivity index (χ0n) is 22.0. The molecule has 36 heavy (non-hydrogen) atoms. The number of amides is 4. The summed E-state index contributed by atoms with van der Waals surface area (Å²) in [6, 6.07) is -2.19. The number of nitrogens with zero attached hydrogens (tertiary/aromatic N) is 1. The van der Waals surface area contributed by atoms with E-state index in [-0.39, 0.29) is 12.5 Å². The lowest BCUT2D eigenvalue weighted by Gasteiger charge is -2.31. The molecular weight excluding hydrogens is 468 g/mol. The molecule has 2 atom stereocenters. The van der Waals surface area contributed by atoms with Crippen LogP contribution in [0, 0.1) is 5.92 Å². The largest absolute Gasteiger partial charge is 0.480 e. The van der Waals surface area contributed by atoms with Crippen LogP contribution in [0.1, 0.15) is 78.6 Å². The fraction of sp³-hybridized carbons (Fsp3) is 0.840. The van der Waals surface area contributed by atoms with Gasteiger partial charge in [-0.05, 0) is 52.4 Å². The second kappa shape index (κ2) is 14.9. The molecule has 2 rings (SSSR count). The fourth-order valence-electron chi connectivity index (χ4n) is 4.50. The number of carbonyl (C=O) groups is 4. The van der Waals surface area contributed by atoms with Crippen molar-refractivity contribution in [3.05, 3.63) is 0 Å². The summed E-state index contributed by atoms with van der Waals surface area (Å²) in [6.07, 6.45) is 6.60. The van der Waals surface area contributed by atoms with Crippen LogP contribution in [0.4, 0.5) is 9.59 Å². The number of aliphatic carboxylic acids is 1. The van der Waals surface area contributed by atoms with E-state index in [4.69, 9.17) is 9.47 Å². The Kier molecular flexibility index (Phi) is 12.3. The van der Waals surface area contributed by atoms with Crippen molar-refractivity contribution < 1.29 is 33.8 Å². The lowest BCUT2D eigenvalue weighted by Crippen LogP contribution is -2.56. The number of rotatable bonds is 11. The Bertz CT molecular complexity index is 728. The molecule has 11 nitrogen and oxygen atoms in total. The Hall–Kier alpha value is -2.56. The van der Waals surface area contributed by atoms with Crippen LogP contribution in [0.5, 0.6) is 0 Å². The van der Waals surface area contributed by atoms with Gasteiger partial charge >= 0.3 is 18.1 Å². The molecule has 2 aliphatic rings. The van der Waals surface area contributed by atoms with Crippen LogP contribution in [0.15, 0.2) is 0 Å². The highest BCUT2D eigenvalue weighted by molar-refractivity contribution is 5.90. The van der Waals surface area contributed by atoms with Gasteiger partial charge in [-0.15, -0.1) is 0 Å². The summed E-state index contributed by atoms with van der Waals surface area (Å²) in [5.41, 5.74) is -0.589. The van der Waals surface area contributed by atoms with Gasteiger partial charge in [-0.2, -0.15) is 0 Å². The summed E-state index contributed by atoms with van der Waals surface area (Å²) in [6.45, 7) is 7.49. The minimum atomic E-state index is -1.13. The van der Waals surface area contributed by atoms with Crippen molar-refractivity contribution in [1.29, 1.82) is 0 Å². The standard InChI is InChI=1S/C25H44N4O7/c1-25(2,3)36-24(34)26-12-8-7-11-19(22(31)32)27-21(30)20(17-18-9-5-4-6-10-18)28-23(33)29-13-15-35-16-14-29/h18-20H,4-17H2,1-3H3,(H,26,34)(H,27,30)(H,28,33)(H,31,32)/t19-,20-/m0/s1. The molecule has 11 heteroatoms. The molecule has 206 valence electrons. The number of unbranched alkanes of at least 4 members (excludes halogenated alkanes) is 1. The van der Waals surface area contributed by atoms with Crippen LogP contribution in [-0.2, 0) is 19.1 Å². The van der Waals surface area contributed by atoms with E-state index in [1.54, 1.807) is 25.7 Å². The number of nitrogens with one attached hydrogen (secondary N) is 3. The number of alkyl carbamates (subject to hydrolysis) is 1. The lowest BCUT2D eigenvalue weighted by atomic mass is 9.84. The number of hydrogen-bond acceptors (Lipinski definition) is 6. The molecule has 0 spiro atoms. The van der Waals surface area contributed by atoms with E-state index in [2.05, 4.69) is 16.0 Å². The number of urea groups is 1. The number of carbonyl (C=O) groups excluding carboxylic acids is 3. The minimum Gasteiger partial charge on any atom is -0.480 e. The molecule has 2 fully saturated rings. The molecule has 4 amide bonds. The minimum absolute atomic E-state index is 0.213. The molecule has 1 saturated carbocycles. The highest BCUT2D eigenvalue weighted by Gasteiger charge is 2.30.